The van der Waals surface area contributed by atoms with Gasteiger partial charge in [0.2, 0.25) is 5.66 Å². The number of sulfone groups is 1. The van der Waals surface area contributed by atoms with E-state index in [-0.39, 0.29) is 18.0 Å². The summed E-state index contributed by atoms with van der Waals surface area (Å²) in [4.78, 5) is 14.9. The summed E-state index contributed by atoms with van der Waals surface area (Å²) < 4.78 is 28.8. The number of β-amino-alcohol motifs (C(OH)–C–C–N with tert-alkyl or cyclic N) is 1. The van der Waals surface area contributed by atoms with Gasteiger partial charge in [-0.25, -0.2) is 13.2 Å². The maximum Gasteiger partial charge on any atom is 0.352 e. The largest absolute Gasteiger partial charge is 0.463 e. The molecule has 150 valence electrons. The van der Waals surface area contributed by atoms with Gasteiger partial charge < -0.3 is 14.7 Å². The topological polar surface area (TPSA) is 95.9 Å². The van der Waals surface area contributed by atoms with Crippen molar-refractivity contribution in [1.82, 2.24) is 5.32 Å². The molecule has 1 saturated heterocycles. The van der Waals surface area contributed by atoms with Gasteiger partial charge in [-0.15, -0.1) is 0 Å². The van der Waals surface area contributed by atoms with E-state index >= 15 is 0 Å². The van der Waals surface area contributed by atoms with E-state index in [0.29, 0.717) is 16.3 Å². The van der Waals surface area contributed by atoms with Gasteiger partial charge in [0.25, 0.3) is 0 Å². The highest BCUT2D eigenvalue weighted by atomic mass is 35.5. The summed E-state index contributed by atoms with van der Waals surface area (Å²) >= 11 is 5.99. The third kappa shape index (κ3) is 3.73. The number of halogens is 1. The molecule has 0 amide bonds. The van der Waals surface area contributed by atoms with Crippen LogP contribution in [0.3, 0.4) is 0 Å². The smallest absolute Gasteiger partial charge is 0.352 e. The normalized spacial score (nSPS) is 22.3. The first-order valence-corrected chi connectivity index (χ1v) is 10.9. The zero-order chi connectivity index (χ0) is 20.5. The molecule has 0 aromatic heterocycles. The lowest BCUT2D eigenvalue weighted by Gasteiger charge is -2.37. The minimum absolute atomic E-state index is 0.0969. The molecule has 1 aliphatic rings. The highest BCUT2D eigenvalue weighted by Gasteiger charge is 2.53. The van der Waals surface area contributed by atoms with E-state index in [2.05, 4.69) is 5.32 Å². The number of ether oxygens (including phenoxy) is 1. The molecule has 1 aliphatic heterocycles. The van der Waals surface area contributed by atoms with Crippen molar-refractivity contribution >= 4 is 33.1 Å². The molecule has 2 aromatic carbocycles. The van der Waals surface area contributed by atoms with Gasteiger partial charge in [0, 0.05) is 22.5 Å². The number of aliphatic hydroxyl groups is 1. The van der Waals surface area contributed by atoms with Gasteiger partial charge >= 0.3 is 5.97 Å². The Morgan fingerprint density at radius 1 is 1.25 bits per heavy atom. The first-order valence-electron chi connectivity index (χ1n) is 8.65. The molecule has 2 N–H and O–H groups in total. The maximum absolute atomic E-state index is 13.0. The lowest BCUT2D eigenvalue weighted by atomic mass is 9.97. The molecule has 1 heterocycles. The molecule has 2 atom stereocenters. The number of carbonyl (C=O) groups excluding carboxylic acids is 1. The Morgan fingerprint density at radius 3 is 2.39 bits per heavy atom. The fourth-order valence-corrected chi connectivity index (χ4v) is 4.06. The van der Waals surface area contributed by atoms with Crippen LogP contribution < -0.4 is 10.2 Å². The third-order valence-electron chi connectivity index (χ3n) is 4.55. The second-order valence-electron chi connectivity index (χ2n) is 6.47. The summed E-state index contributed by atoms with van der Waals surface area (Å²) in [7, 11) is -3.35. The quantitative estimate of drug-likeness (QED) is 0.707. The standard InChI is InChI=1S/C19H21ClN2O5S/c1-3-27-18(24)19(13-4-6-14(20)7-5-13)21-17(23)12-22(19)15-8-10-16(11-9-15)28(2,25)26/h4-11,17,21,23H,3,12H2,1-2H3. The molecule has 1 fully saturated rings. The van der Waals surface area contributed by atoms with E-state index in [1.807, 2.05) is 0 Å². The number of anilines is 1. The molecule has 0 spiro atoms. The van der Waals surface area contributed by atoms with E-state index in [9.17, 15) is 18.3 Å². The lowest BCUT2D eigenvalue weighted by molar-refractivity contribution is -0.151. The van der Waals surface area contributed by atoms with Crippen LogP contribution >= 0.6 is 11.6 Å². The molecule has 28 heavy (non-hydrogen) atoms. The van der Waals surface area contributed by atoms with Crippen molar-refractivity contribution in [3.8, 4) is 0 Å². The van der Waals surface area contributed by atoms with E-state index in [0.717, 1.165) is 6.26 Å². The number of esters is 1. The highest BCUT2D eigenvalue weighted by molar-refractivity contribution is 7.90. The number of hydrogen-bond donors (Lipinski definition) is 2. The van der Waals surface area contributed by atoms with Gasteiger partial charge in [-0.2, -0.15) is 0 Å². The van der Waals surface area contributed by atoms with Crippen molar-refractivity contribution in [3.05, 3.63) is 59.1 Å². The van der Waals surface area contributed by atoms with E-state index in [1.165, 1.54) is 12.1 Å². The Balaban J connectivity index is 2.13. The number of benzene rings is 2. The Bertz CT molecular complexity index is 963. The van der Waals surface area contributed by atoms with Gasteiger partial charge in [-0.05, 0) is 43.3 Å². The van der Waals surface area contributed by atoms with Gasteiger partial charge in [0.15, 0.2) is 9.84 Å². The molecule has 0 aliphatic carbocycles. The van der Waals surface area contributed by atoms with Gasteiger partial charge in [0.05, 0.1) is 18.0 Å². The predicted octanol–water partition coefficient (Wildman–Crippen LogP) is 1.89. The molecule has 2 unspecified atom stereocenters. The van der Waals surface area contributed by atoms with Crippen LogP contribution in [0, 0.1) is 0 Å². The van der Waals surface area contributed by atoms with Crippen LogP contribution in [0.15, 0.2) is 53.4 Å². The molecule has 0 saturated carbocycles. The minimum atomic E-state index is -3.35. The number of aliphatic hydroxyl groups excluding tert-OH is 1. The Hall–Kier alpha value is -2.13. The summed E-state index contributed by atoms with van der Waals surface area (Å²) in [5.41, 5.74) is -0.384. The van der Waals surface area contributed by atoms with Gasteiger partial charge in [0.1, 0.15) is 6.23 Å². The molecular weight excluding hydrogens is 404 g/mol. The van der Waals surface area contributed by atoms with E-state index in [1.54, 1.807) is 48.2 Å². The molecule has 9 heteroatoms. The van der Waals surface area contributed by atoms with Crippen molar-refractivity contribution in [2.75, 3.05) is 24.3 Å². The molecule has 0 radical (unpaired) electrons. The van der Waals surface area contributed by atoms with Crippen molar-refractivity contribution in [2.45, 2.75) is 23.7 Å². The van der Waals surface area contributed by atoms with Crippen molar-refractivity contribution < 1.29 is 23.1 Å². The average molecular weight is 425 g/mol. The monoisotopic (exact) mass is 424 g/mol. The fourth-order valence-electron chi connectivity index (χ4n) is 3.30. The van der Waals surface area contributed by atoms with Crippen LogP contribution in [0.25, 0.3) is 0 Å². The first-order chi connectivity index (χ1) is 13.2. The number of nitrogens with zero attached hydrogens (tertiary/aromatic N) is 1. The van der Waals surface area contributed by atoms with Crippen LogP contribution in [0.1, 0.15) is 12.5 Å². The molecule has 2 aromatic rings. The Kier molecular flexibility index (Phi) is 5.67. The van der Waals surface area contributed by atoms with Crippen molar-refractivity contribution in [1.29, 1.82) is 0 Å². The van der Waals surface area contributed by atoms with Crippen LogP contribution in [-0.4, -0.2) is 45.1 Å². The lowest BCUT2D eigenvalue weighted by Crippen LogP contribution is -2.56. The molecule has 7 nitrogen and oxygen atoms in total. The fraction of sp³-hybridized carbons (Fsp3) is 0.316. The average Bonchev–Trinajstić information content (AvgIpc) is 3.00. The van der Waals surface area contributed by atoms with E-state index in [4.69, 9.17) is 16.3 Å². The summed E-state index contributed by atoms with van der Waals surface area (Å²) in [5.74, 6) is -0.582. The second-order valence-corrected chi connectivity index (χ2v) is 8.93. The van der Waals surface area contributed by atoms with Crippen LogP contribution in [0.5, 0.6) is 0 Å². The highest BCUT2D eigenvalue weighted by Crippen LogP contribution is 2.37. The zero-order valence-electron chi connectivity index (χ0n) is 15.4. The summed E-state index contributed by atoms with van der Waals surface area (Å²) in [6.45, 7) is 1.95. The van der Waals surface area contributed by atoms with E-state index < -0.39 is 27.7 Å². The van der Waals surface area contributed by atoms with Gasteiger partial charge in [-0.3, -0.25) is 5.32 Å². The summed E-state index contributed by atoms with van der Waals surface area (Å²) in [5, 5.41) is 13.8. The van der Waals surface area contributed by atoms with Gasteiger partial charge in [-0.1, -0.05) is 23.7 Å². The Morgan fingerprint density at radius 2 is 1.86 bits per heavy atom. The number of carbonyl (C=O) groups is 1. The van der Waals surface area contributed by atoms with Crippen molar-refractivity contribution in [2.24, 2.45) is 0 Å². The van der Waals surface area contributed by atoms with Crippen molar-refractivity contribution in [3.63, 3.8) is 0 Å². The summed E-state index contributed by atoms with van der Waals surface area (Å²) in [6.07, 6.45) is 0.120. The van der Waals surface area contributed by atoms with Crippen LogP contribution in [0.2, 0.25) is 5.02 Å². The predicted molar refractivity (Wildman–Crippen MR) is 106 cm³/mol. The zero-order valence-corrected chi connectivity index (χ0v) is 17.0. The minimum Gasteiger partial charge on any atom is -0.463 e. The first kappa shape index (κ1) is 20.6. The number of nitrogens with one attached hydrogen (secondary N) is 1. The molecule has 0 bridgehead atoms. The maximum atomic E-state index is 13.0. The number of hydrogen-bond acceptors (Lipinski definition) is 7. The third-order valence-corrected chi connectivity index (χ3v) is 5.93. The molecular formula is C19H21ClN2O5S. The number of rotatable bonds is 5. The van der Waals surface area contributed by atoms with Crippen LogP contribution in [0.4, 0.5) is 5.69 Å². The Labute approximate surface area is 168 Å². The molecule has 3 rings (SSSR count). The SMILES string of the molecule is CCOC(=O)C1(c2ccc(Cl)cc2)NC(O)CN1c1ccc(S(C)(=O)=O)cc1. The summed E-state index contributed by atoms with van der Waals surface area (Å²) in [6, 6.07) is 12.8. The second kappa shape index (κ2) is 7.71. The van der Waals surface area contributed by atoms with Crippen LogP contribution in [-0.2, 0) is 25.0 Å².